The average molecular weight is 431 g/mol. The maximum Gasteiger partial charge on any atom is 0.258 e. The number of rotatable bonds is 8. The van der Waals surface area contributed by atoms with Gasteiger partial charge in [0.25, 0.3) is 5.91 Å². The van der Waals surface area contributed by atoms with Crippen LogP contribution in [0.3, 0.4) is 0 Å². The Kier molecular flexibility index (Phi) is 7.54. The van der Waals surface area contributed by atoms with Gasteiger partial charge in [-0.3, -0.25) is 9.69 Å². The van der Waals surface area contributed by atoms with Gasteiger partial charge < -0.3 is 14.8 Å². The number of amides is 1. The van der Waals surface area contributed by atoms with Gasteiger partial charge in [0.15, 0.2) is 6.61 Å². The third kappa shape index (κ3) is 5.75. The highest BCUT2D eigenvalue weighted by Gasteiger charge is 2.23. The van der Waals surface area contributed by atoms with Gasteiger partial charge in [-0.25, -0.2) is 0 Å². The minimum Gasteiger partial charge on any atom is -0.483 e. The number of hydrogen-bond acceptors (Lipinski definition) is 4. The van der Waals surface area contributed by atoms with E-state index in [2.05, 4.69) is 41.4 Å². The van der Waals surface area contributed by atoms with E-state index in [0.29, 0.717) is 12.3 Å². The molecule has 1 atom stereocenters. The molecule has 1 heterocycles. The van der Waals surface area contributed by atoms with E-state index in [1.165, 1.54) is 11.1 Å². The summed E-state index contributed by atoms with van der Waals surface area (Å²) >= 11 is 0. The predicted octanol–water partition coefficient (Wildman–Crippen LogP) is 4.23. The summed E-state index contributed by atoms with van der Waals surface area (Å²) in [7, 11) is 0. The van der Waals surface area contributed by atoms with Gasteiger partial charge in [-0.15, -0.1) is 0 Å². The molecule has 1 aliphatic heterocycles. The Morgan fingerprint density at radius 1 is 0.969 bits per heavy atom. The minimum atomic E-state index is -0.127. The van der Waals surface area contributed by atoms with Gasteiger partial charge in [0.2, 0.25) is 0 Å². The summed E-state index contributed by atoms with van der Waals surface area (Å²) in [6, 6.07) is 26.5. The Bertz CT molecular complexity index is 999. The molecule has 5 heteroatoms. The van der Waals surface area contributed by atoms with Gasteiger partial charge in [-0.1, -0.05) is 78.4 Å². The molecule has 0 aromatic heterocycles. The smallest absolute Gasteiger partial charge is 0.258 e. The zero-order valence-corrected chi connectivity index (χ0v) is 18.5. The highest BCUT2D eigenvalue weighted by Crippen LogP contribution is 2.29. The Balaban J connectivity index is 1.38. The first-order valence-electron chi connectivity index (χ1n) is 11.1. The molecule has 0 spiro atoms. The van der Waals surface area contributed by atoms with E-state index < -0.39 is 0 Å². The van der Waals surface area contributed by atoms with Crippen LogP contribution in [-0.4, -0.2) is 50.3 Å². The fraction of sp³-hybridized carbons (Fsp3) is 0.296. The largest absolute Gasteiger partial charge is 0.483 e. The standard InChI is InChI=1S/C27H30N2O3/c1-21-11-13-23(14-12-21)25(29-15-17-31-18-16-29)19-28-27(30)20-32-26-10-6-5-9-24(26)22-7-3-2-4-8-22/h2-14,25H,15-20H2,1H3,(H,28,30)/t25-/m0/s1. The van der Waals surface area contributed by atoms with Crippen LogP contribution >= 0.6 is 0 Å². The second kappa shape index (κ2) is 10.9. The molecule has 1 N–H and O–H groups in total. The number of nitrogens with one attached hydrogen (secondary N) is 1. The minimum absolute atomic E-state index is 0.0203. The van der Waals surface area contributed by atoms with Crippen molar-refractivity contribution < 1.29 is 14.3 Å². The Morgan fingerprint density at radius 3 is 2.41 bits per heavy atom. The van der Waals surface area contributed by atoms with Crippen molar-refractivity contribution in [1.29, 1.82) is 0 Å². The van der Waals surface area contributed by atoms with Crippen LogP contribution in [0.25, 0.3) is 11.1 Å². The second-order valence-electron chi connectivity index (χ2n) is 8.03. The summed E-state index contributed by atoms with van der Waals surface area (Å²) < 4.78 is 11.4. The molecule has 1 fully saturated rings. The van der Waals surface area contributed by atoms with Gasteiger partial charge >= 0.3 is 0 Å². The van der Waals surface area contributed by atoms with Gasteiger partial charge in [-0.05, 0) is 24.1 Å². The molecule has 1 saturated heterocycles. The fourth-order valence-corrected chi connectivity index (χ4v) is 3.99. The van der Waals surface area contributed by atoms with Crippen molar-refractivity contribution in [3.63, 3.8) is 0 Å². The number of nitrogens with zero attached hydrogens (tertiary/aromatic N) is 1. The lowest BCUT2D eigenvalue weighted by Gasteiger charge is -2.35. The summed E-state index contributed by atoms with van der Waals surface area (Å²) in [5.74, 6) is 0.579. The average Bonchev–Trinajstić information content (AvgIpc) is 2.85. The lowest BCUT2D eigenvalue weighted by Crippen LogP contribution is -2.44. The molecular weight excluding hydrogens is 400 g/mol. The molecule has 0 saturated carbocycles. The summed E-state index contributed by atoms with van der Waals surface area (Å²) in [5.41, 5.74) is 4.47. The molecule has 3 aromatic carbocycles. The van der Waals surface area contributed by atoms with Crippen LogP contribution in [0.4, 0.5) is 0 Å². The van der Waals surface area contributed by atoms with Crippen LogP contribution in [0, 0.1) is 6.92 Å². The predicted molar refractivity (Wildman–Crippen MR) is 127 cm³/mol. The van der Waals surface area contributed by atoms with Gasteiger partial charge in [0.05, 0.1) is 19.3 Å². The van der Waals surface area contributed by atoms with Crippen molar-refractivity contribution >= 4 is 5.91 Å². The third-order valence-corrected chi connectivity index (χ3v) is 5.77. The molecule has 0 aliphatic carbocycles. The Morgan fingerprint density at radius 2 is 1.66 bits per heavy atom. The molecule has 4 rings (SSSR count). The van der Waals surface area contributed by atoms with E-state index in [1.54, 1.807) is 0 Å². The Labute approximate surface area is 190 Å². The number of para-hydroxylation sites is 1. The van der Waals surface area contributed by atoms with E-state index in [-0.39, 0.29) is 18.6 Å². The number of carbonyl (C=O) groups excluding carboxylic acids is 1. The monoisotopic (exact) mass is 430 g/mol. The van der Waals surface area contributed by atoms with E-state index >= 15 is 0 Å². The molecule has 3 aromatic rings. The van der Waals surface area contributed by atoms with Gasteiger partial charge in [0, 0.05) is 25.2 Å². The van der Waals surface area contributed by atoms with E-state index in [9.17, 15) is 4.79 Å². The normalized spacial score (nSPS) is 15.2. The lowest BCUT2D eigenvalue weighted by atomic mass is 10.0. The van der Waals surface area contributed by atoms with Crippen molar-refractivity contribution in [1.82, 2.24) is 10.2 Å². The summed E-state index contributed by atoms with van der Waals surface area (Å²) in [4.78, 5) is 15.0. The summed E-state index contributed by atoms with van der Waals surface area (Å²) in [6.07, 6.45) is 0. The van der Waals surface area contributed by atoms with Crippen LogP contribution in [0.5, 0.6) is 5.75 Å². The van der Waals surface area contributed by atoms with Crippen LogP contribution in [-0.2, 0) is 9.53 Å². The molecule has 0 radical (unpaired) electrons. The molecule has 166 valence electrons. The molecule has 1 amide bonds. The zero-order chi connectivity index (χ0) is 22.2. The Hall–Kier alpha value is -3.15. The molecule has 0 unspecified atom stereocenters. The molecule has 5 nitrogen and oxygen atoms in total. The van der Waals surface area contributed by atoms with Crippen LogP contribution in [0.15, 0.2) is 78.9 Å². The SMILES string of the molecule is Cc1ccc([C@H](CNC(=O)COc2ccccc2-c2ccccc2)N2CCOCC2)cc1. The maximum atomic E-state index is 12.7. The molecule has 32 heavy (non-hydrogen) atoms. The van der Waals surface area contributed by atoms with Crippen molar-refractivity contribution in [2.24, 2.45) is 0 Å². The number of benzene rings is 3. The summed E-state index contributed by atoms with van der Waals surface area (Å²) in [5, 5.41) is 3.08. The quantitative estimate of drug-likeness (QED) is 0.581. The van der Waals surface area contributed by atoms with Crippen molar-refractivity contribution in [3.8, 4) is 16.9 Å². The first-order chi connectivity index (χ1) is 15.7. The topological polar surface area (TPSA) is 50.8 Å². The van der Waals surface area contributed by atoms with Crippen LogP contribution in [0.2, 0.25) is 0 Å². The fourth-order valence-electron chi connectivity index (χ4n) is 3.99. The second-order valence-corrected chi connectivity index (χ2v) is 8.03. The van der Waals surface area contributed by atoms with E-state index in [4.69, 9.17) is 9.47 Å². The third-order valence-electron chi connectivity index (χ3n) is 5.77. The molecular formula is C27H30N2O3. The first kappa shape index (κ1) is 22.1. The number of morpholine rings is 1. The highest BCUT2D eigenvalue weighted by atomic mass is 16.5. The maximum absolute atomic E-state index is 12.7. The van der Waals surface area contributed by atoms with E-state index in [0.717, 1.165) is 37.4 Å². The lowest BCUT2D eigenvalue weighted by molar-refractivity contribution is -0.123. The zero-order valence-electron chi connectivity index (χ0n) is 18.5. The number of aryl methyl sites for hydroxylation is 1. The van der Waals surface area contributed by atoms with Crippen LogP contribution < -0.4 is 10.1 Å². The number of hydrogen-bond donors (Lipinski definition) is 1. The van der Waals surface area contributed by atoms with Gasteiger partial charge in [0.1, 0.15) is 5.75 Å². The van der Waals surface area contributed by atoms with E-state index in [1.807, 2.05) is 54.6 Å². The number of ether oxygens (including phenoxy) is 2. The van der Waals surface area contributed by atoms with Crippen molar-refractivity contribution in [3.05, 3.63) is 90.0 Å². The summed E-state index contributed by atoms with van der Waals surface area (Å²) in [6.45, 7) is 5.75. The van der Waals surface area contributed by atoms with Crippen LogP contribution in [0.1, 0.15) is 17.2 Å². The number of carbonyl (C=O) groups is 1. The van der Waals surface area contributed by atoms with Crippen molar-refractivity contribution in [2.75, 3.05) is 39.5 Å². The molecule has 1 aliphatic rings. The highest BCUT2D eigenvalue weighted by molar-refractivity contribution is 5.78. The first-order valence-corrected chi connectivity index (χ1v) is 11.1. The van der Waals surface area contributed by atoms with Gasteiger partial charge in [-0.2, -0.15) is 0 Å². The van der Waals surface area contributed by atoms with Crippen molar-refractivity contribution in [2.45, 2.75) is 13.0 Å². The molecule has 0 bridgehead atoms.